The molecule has 0 amide bonds. The molecule has 0 aliphatic carbocycles. The molecule has 1 aromatic heterocycles. The van der Waals surface area contributed by atoms with Crippen LogP contribution in [0.4, 0.5) is 5.82 Å². The van der Waals surface area contributed by atoms with Crippen LogP contribution >= 0.6 is 11.6 Å². The van der Waals surface area contributed by atoms with E-state index >= 15 is 0 Å². The number of anilines is 1. The van der Waals surface area contributed by atoms with Crippen LogP contribution < -0.4 is 11.0 Å². The fourth-order valence-corrected chi connectivity index (χ4v) is 2.65. The lowest BCUT2D eigenvalue weighted by molar-refractivity contribution is 0.109. The average Bonchev–Trinajstić information content (AvgIpc) is 2.49. The van der Waals surface area contributed by atoms with Gasteiger partial charge in [0.2, 0.25) is 0 Å². The van der Waals surface area contributed by atoms with Gasteiger partial charge in [-0.05, 0) is 18.1 Å². The van der Waals surface area contributed by atoms with E-state index in [0.29, 0.717) is 32.0 Å². The van der Waals surface area contributed by atoms with Crippen molar-refractivity contribution in [2.45, 2.75) is 19.4 Å². The molecule has 1 aliphatic rings. The maximum Gasteiger partial charge on any atom is 0.347 e. The number of aromatic amines is 1. The standard InChI is InChI=1S/C15H16ClN3O2/c16-12-4-2-1-3-10(12)5-7-17-14-11-9-21-8-6-13(11)18-15(20)19-14/h1-4H,5-9H2,(H2,17,18,19,20). The Balaban J connectivity index is 1.72. The lowest BCUT2D eigenvalue weighted by Gasteiger charge is -2.19. The van der Waals surface area contributed by atoms with E-state index in [1.54, 1.807) is 0 Å². The van der Waals surface area contributed by atoms with Crippen molar-refractivity contribution < 1.29 is 4.74 Å². The van der Waals surface area contributed by atoms with Gasteiger partial charge in [0, 0.05) is 29.2 Å². The fourth-order valence-electron chi connectivity index (χ4n) is 2.42. The van der Waals surface area contributed by atoms with Gasteiger partial charge in [-0.25, -0.2) is 4.79 Å². The number of nitrogens with zero attached hydrogens (tertiary/aromatic N) is 1. The van der Waals surface area contributed by atoms with Gasteiger partial charge in [0.25, 0.3) is 0 Å². The number of nitrogens with one attached hydrogen (secondary N) is 2. The van der Waals surface area contributed by atoms with E-state index in [2.05, 4.69) is 15.3 Å². The summed E-state index contributed by atoms with van der Waals surface area (Å²) < 4.78 is 5.44. The largest absolute Gasteiger partial charge is 0.376 e. The first-order chi connectivity index (χ1) is 10.2. The summed E-state index contributed by atoms with van der Waals surface area (Å²) in [7, 11) is 0. The van der Waals surface area contributed by atoms with Crippen molar-refractivity contribution in [2.75, 3.05) is 18.5 Å². The second kappa shape index (κ2) is 6.28. The highest BCUT2D eigenvalue weighted by molar-refractivity contribution is 6.31. The number of benzene rings is 1. The minimum absolute atomic E-state index is 0.323. The highest BCUT2D eigenvalue weighted by atomic mass is 35.5. The molecule has 0 atom stereocenters. The zero-order chi connectivity index (χ0) is 14.7. The normalized spacial score (nSPS) is 13.8. The van der Waals surface area contributed by atoms with Crippen molar-refractivity contribution in [2.24, 2.45) is 0 Å². The molecular weight excluding hydrogens is 290 g/mol. The molecule has 110 valence electrons. The summed E-state index contributed by atoms with van der Waals surface area (Å²) in [5.41, 5.74) is 2.61. The summed E-state index contributed by atoms with van der Waals surface area (Å²) in [6.45, 7) is 1.77. The van der Waals surface area contributed by atoms with Crippen molar-refractivity contribution in [3.63, 3.8) is 0 Å². The second-order valence-electron chi connectivity index (χ2n) is 4.92. The number of hydrogen-bond donors (Lipinski definition) is 2. The molecule has 0 unspecified atom stereocenters. The molecule has 2 heterocycles. The smallest absolute Gasteiger partial charge is 0.347 e. The molecule has 0 saturated heterocycles. The summed E-state index contributed by atoms with van der Waals surface area (Å²) in [5.74, 6) is 0.612. The minimum Gasteiger partial charge on any atom is -0.376 e. The third kappa shape index (κ3) is 3.25. The van der Waals surface area contributed by atoms with Gasteiger partial charge in [0.05, 0.1) is 13.2 Å². The first kappa shape index (κ1) is 14.1. The van der Waals surface area contributed by atoms with Gasteiger partial charge >= 0.3 is 5.69 Å². The molecule has 0 radical (unpaired) electrons. The van der Waals surface area contributed by atoms with E-state index < -0.39 is 0 Å². The van der Waals surface area contributed by atoms with Crippen molar-refractivity contribution >= 4 is 17.4 Å². The van der Waals surface area contributed by atoms with Gasteiger partial charge in [-0.1, -0.05) is 29.8 Å². The molecule has 1 aliphatic heterocycles. The van der Waals surface area contributed by atoms with Crippen LogP contribution in [0.15, 0.2) is 29.1 Å². The quantitative estimate of drug-likeness (QED) is 0.908. The SMILES string of the molecule is O=c1nc(NCCc2ccccc2Cl)c2c([nH]1)CCOC2. The van der Waals surface area contributed by atoms with Gasteiger partial charge < -0.3 is 15.0 Å². The Morgan fingerprint density at radius 1 is 1.38 bits per heavy atom. The lowest BCUT2D eigenvalue weighted by Crippen LogP contribution is -2.24. The number of ether oxygens (including phenoxy) is 1. The van der Waals surface area contributed by atoms with Crippen LogP contribution in [0.2, 0.25) is 5.02 Å². The molecule has 5 nitrogen and oxygen atoms in total. The lowest BCUT2D eigenvalue weighted by atomic mass is 10.1. The Bertz CT molecular complexity index is 700. The number of hydrogen-bond acceptors (Lipinski definition) is 4. The number of aromatic nitrogens is 2. The molecule has 0 fully saturated rings. The number of halogens is 1. The second-order valence-corrected chi connectivity index (χ2v) is 5.33. The number of H-pyrrole nitrogens is 1. The molecule has 21 heavy (non-hydrogen) atoms. The zero-order valence-electron chi connectivity index (χ0n) is 11.5. The highest BCUT2D eigenvalue weighted by Crippen LogP contribution is 2.20. The molecule has 2 aromatic rings. The summed E-state index contributed by atoms with van der Waals surface area (Å²) in [5, 5.41) is 3.97. The summed E-state index contributed by atoms with van der Waals surface area (Å²) >= 11 is 6.13. The van der Waals surface area contributed by atoms with E-state index in [9.17, 15) is 4.79 Å². The van der Waals surface area contributed by atoms with Gasteiger partial charge in [0.1, 0.15) is 5.82 Å². The van der Waals surface area contributed by atoms with Gasteiger partial charge in [-0.15, -0.1) is 0 Å². The molecule has 0 spiro atoms. The van der Waals surface area contributed by atoms with Crippen LogP contribution in [0, 0.1) is 0 Å². The average molecular weight is 306 g/mol. The maximum atomic E-state index is 11.6. The van der Waals surface area contributed by atoms with Gasteiger partial charge in [-0.2, -0.15) is 4.98 Å². The third-order valence-corrected chi connectivity index (χ3v) is 3.88. The molecule has 0 bridgehead atoms. The van der Waals surface area contributed by atoms with E-state index in [1.165, 1.54) is 0 Å². The maximum absolute atomic E-state index is 11.6. The zero-order valence-corrected chi connectivity index (χ0v) is 12.2. The fraction of sp³-hybridized carbons (Fsp3) is 0.333. The van der Waals surface area contributed by atoms with Crippen molar-refractivity contribution in [1.29, 1.82) is 0 Å². The Kier molecular flexibility index (Phi) is 4.22. The number of rotatable bonds is 4. The van der Waals surface area contributed by atoms with Gasteiger partial charge in [0.15, 0.2) is 0 Å². The van der Waals surface area contributed by atoms with Crippen LogP contribution in [0.25, 0.3) is 0 Å². The predicted molar refractivity (Wildman–Crippen MR) is 81.9 cm³/mol. The molecule has 3 rings (SSSR count). The highest BCUT2D eigenvalue weighted by Gasteiger charge is 2.16. The number of fused-ring (bicyclic) bond motifs is 1. The van der Waals surface area contributed by atoms with E-state index in [-0.39, 0.29) is 5.69 Å². The molecule has 2 N–H and O–H groups in total. The Labute approximate surface area is 127 Å². The van der Waals surface area contributed by atoms with Crippen molar-refractivity contribution in [1.82, 2.24) is 9.97 Å². The van der Waals surface area contributed by atoms with Crippen LogP contribution in [-0.4, -0.2) is 23.1 Å². The van der Waals surface area contributed by atoms with Crippen molar-refractivity contribution in [3.8, 4) is 0 Å². The first-order valence-corrected chi connectivity index (χ1v) is 7.29. The molecule has 6 heteroatoms. The summed E-state index contributed by atoms with van der Waals surface area (Å²) in [6, 6.07) is 7.74. The minimum atomic E-state index is -0.323. The predicted octanol–water partition coefficient (Wildman–Crippen LogP) is 2.15. The molecular formula is C15H16ClN3O2. The van der Waals surface area contributed by atoms with Crippen LogP contribution in [0.5, 0.6) is 0 Å². The van der Waals surface area contributed by atoms with Crippen LogP contribution in [0.1, 0.15) is 16.8 Å². The summed E-state index contributed by atoms with van der Waals surface area (Å²) in [6.07, 6.45) is 1.48. The Hall–Kier alpha value is -1.85. The Morgan fingerprint density at radius 3 is 3.10 bits per heavy atom. The molecule has 0 saturated carbocycles. The third-order valence-electron chi connectivity index (χ3n) is 3.51. The molecule has 1 aromatic carbocycles. The van der Waals surface area contributed by atoms with E-state index in [0.717, 1.165) is 28.3 Å². The van der Waals surface area contributed by atoms with Crippen molar-refractivity contribution in [3.05, 3.63) is 56.6 Å². The van der Waals surface area contributed by atoms with Crippen LogP contribution in [-0.2, 0) is 24.2 Å². The monoisotopic (exact) mass is 305 g/mol. The first-order valence-electron chi connectivity index (χ1n) is 6.91. The Morgan fingerprint density at radius 2 is 2.24 bits per heavy atom. The van der Waals surface area contributed by atoms with Gasteiger partial charge in [-0.3, -0.25) is 0 Å². The van der Waals surface area contributed by atoms with Crippen LogP contribution in [0.3, 0.4) is 0 Å². The topological polar surface area (TPSA) is 67.0 Å². The van der Waals surface area contributed by atoms with E-state index in [4.69, 9.17) is 16.3 Å². The summed E-state index contributed by atoms with van der Waals surface area (Å²) in [4.78, 5) is 18.4. The van der Waals surface area contributed by atoms with E-state index in [1.807, 2.05) is 24.3 Å².